The lowest BCUT2D eigenvalue weighted by Gasteiger charge is -2.18. The summed E-state index contributed by atoms with van der Waals surface area (Å²) in [6, 6.07) is 11.4. The summed E-state index contributed by atoms with van der Waals surface area (Å²) in [6.07, 6.45) is 0. The van der Waals surface area contributed by atoms with Gasteiger partial charge in [-0.25, -0.2) is 14.2 Å². The van der Waals surface area contributed by atoms with E-state index in [-0.39, 0.29) is 15.7 Å². The Morgan fingerprint density at radius 1 is 1.09 bits per heavy atom. The molecule has 4 aromatic rings. The second-order valence-corrected chi connectivity index (χ2v) is 8.98. The first-order valence-electron chi connectivity index (χ1n) is 10.1. The normalized spacial score (nSPS) is 11.0. The molecule has 0 spiro atoms. The largest absolute Gasteiger partial charge is 0.465 e. The number of benzene rings is 2. The second kappa shape index (κ2) is 8.92. The van der Waals surface area contributed by atoms with Crippen molar-refractivity contribution in [3.63, 3.8) is 0 Å². The van der Waals surface area contributed by atoms with Gasteiger partial charge in [0.25, 0.3) is 5.91 Å². The van der Waals surface area contributed by atoms with Crippen LogP contribution in [0.15, 0.2) is 42.5 Å². The topological polar surface area (TPSA) is 68.3 Å². The predicted octanol–water partition coefficient (Wildman–Crippen LogP) is 6.72. The van der Waals surface area contributed by atoms with E-state index in [2.05, 4.69) is 10.3 Å². The molecule has 8 heteroatoms. The number of hydrogen-bond acceptors (Lipinski definition) is 5. The number of aryl methyl sites for hydroxylation is 1. The first-order chi connectivity index (χ1) is 15.7. The van der Waals surface area contributed by atoms with Crippen LogP contribution in [-0.4, -0.2) is 24.0 Å². The molecule has 1 amide bonds. The van der Waals surface area contributed by atoms with Crippen molar-refractivity contribution in [3.8, 4) is 11.1 Å². The maximum atomic E-state index is 13.6. The predicted molar refractivity (Wildman–Crippen MR) is 130 cm³/mol. The van der Waals surface area contributed by atoms with Crippen LogP contribution in [0.2, 0.25) is 5.02 Å². The maximum Gasteiger partial charge on any atom is 0.338 e. The molecule has 0 aliphatic heterocycles. The van der Waals surface area contributed by atoms with Crippen LogP contribution in [0.4, 0.5) is 10.2 Å². The quantitative estimate of drug-likeness (QED) is 0.328. The number of fused-ring (bicyclic) bond motifs is 1. The van der Waals surface area contributed by atoms with E-state index < -0.39 is 11.9 Å². The summed E-state index contributed by atoms with van der Waals surface area (Å²) in [5.41, 5.74) is 4.23. The number of pyridine rings is 1. The number of aromatic nitrogens is 1. The third-order valence-corrected chi connectivity index (χ3v) is 7.22. The lowest BCUT2D eigenvalue weighted by molar-refractivity contribution is 0.0601. The minimum atomic E-state index is -0.435. The summed E-state index contributed by atoms with van der Waals surface area (Å²) in [5.74, 6) is -0.845. The number of carbonyl (C=O) groups excluding carboxylic acids is 2. The van der Waals surface area contributed by atoms with Crippen LogP contribution in [0.3, 0.4) is 0 Å². The Kier molecular flexibility index (Phi) is 6.19. The van der Waals surface area contributed by atoms with Crippen molar-refractivity contribution in [2.24, 2.45) is 0 Å². The van der Waals surface area contributed by atoms with Crippen molar-refractivity contribution in [2.75, 3.05) is 12.4 Å². The van der Waals surface area contributed by atoms with Crippen molar-refractivity contribution in [3.05, 3.63) is 80.6 Å². The number of nitrogens with one attached hydrogen (secondary N) is 1. The average molecular weight is 483 g/mol. The summed E-state index contributed by atoms with van der Waals surface area (Å²) >= 11 is 7.53. The standard InChI is InChI=1S/C25H20ClFN2O3S/c1-12-13(2)23(28-14(3)20(12)16-7-5-6-8-17(16)25(31)32-4)29-24(30)22-21(26)18-10-9-15(27)11-19(18)33-22/h5-11H,1-4H3,(H,28,29,30). The van der Waals surface area contributed by atoms with Gasteiger partial charge in [0.05, 0.1) is 17.7 Å². The summed E-state index contributed by atoms with van der Waals surface area (Å²) < 4.78 is 19.1. The van der Waals surface area contributed by atoms with E-state index in [1.165, 1.54) is 19.2 Å². The summed E-state index contributed by atoms with van der Waals surface area (Å²) in [4.78, 5) is 30.2. The van der Waals surface area contributed by atoms with Crippen LogP contribution < -0.4 is 5.32 Å². The van der Waals surface area contributed by atoms with Crippen molar-refractivity contribution in [1.29, 1.82) is 0 Å². The van der Waals surface area contributed by atoms with E-state index in [1.54, 1.807) is 18.2 Å². The van der Waals surface area contributed by atoms with E-state index >= 15 is 0 Å². The summed E-state index contributed by atoms with van der Waals surface area (Å²) in [5, 5.41) is 3.75. The lowest BCUT2D eigenvalue weighted by Crippen LogP contribution is -2.15. The number of thiophene rings is 1. The molecule has 0 saturated heterocycles. The summed E-state index contributed by atoms with van der Waals surface area (Å²) in [6.45, 7) is 5.59. The van der Waals surface area contributed by atoms with Crippen LogP contribution >= 0.6 is 22.9 Å². The van der Waals surface area contributed by atoms with Gasteiger partial charge in [0.2, 0.25) is 0 Å². The molecule has 2 heterocycles. The molecule has 0 fully saturated rings. The zero-order valence-electron chi connectivity index (χ0n) is 18.4. The number of nitrogens with zero attached hydrogens (tertiary/aromatic N) is 1. The van der Waals surface area contributed by atoms with E-state index in [9.17, 15) is 14.0 Å². The Bertz CT molecular complexity index is 1430. The van der Waals surface area contributed by atoms with Crippen LogP contribution in [0.1, 0.15) is 36.9 Å². The van der Waals surface area contributed by atoms with E-state index in [0.717, 1.165) is 28.0 Å². The maximum absolute atomic E-state index is 13.6. The molecule has 0 saturated carbocycles. The van der Waals surface area contributed by atoms with Crippen LogP contribution in [-0.2, 0) is 4.74 Å². The van der Waals surface area contributed by atoms with Gasteiger partial charge < -0.3 is 10.1 Å². The third kappa shape index (κ3) is 4.10. The van der Waals surface area contributed by atoms with Crippen LogP contribution in [0, 0.1) is 26.6 Å². The van der Waals surface area contributed by atoms with Gasteiger partial charge in [0.1, 0.15) is 16.5 Å². The molecular formula is C25H20ClFN2O3S. The van der Waals surface area contributed by atoms with Gasteiger partial charge in [-0.2, -0.15) is 0 Å². The molecule has 5 nitrogen and oxygen atoms in total. The number of ether oxygens (including phenoxy) is 1. The highest BCUT2D eigenvalue weighted by atomic mass is 35.5. The molecule has 0 unspecified atom stereocenters. The minimum absolute atomic E-state index is 0.280. The van der Waals surface area contributed by atoms with Crippen molar-refractivity contribution in [2.45, 2.75) is 20.8 Å². The first kappa shape index (κ1) is 22.9. The molecular weight excluding hydrogens is 463 g/mol. The minimum Gasteiger partial charge on any atom is -0.465 e. The van der Waals surface area contributed by atoms with Gasteiger partial charge in [0.15, 0.2) is 0 Å². The van der Waals surface area contributed by atoms with Crippen LogP contribution in [0.25, 0.3) is 21.2 Å². The Morgan fingerprint density at radius 3 is 2.55 bits per heavy atom. The van der Waals surface area contributed by atoms with E-state index in [0.29, 0.717) is 32.7 Å². The smallest absolute Gasteiger partial charge is 0.338 e. The average Bonchev–Trinajstić information content (AvgIpc) is 3.12. The van der Waals surface area contributed by atoms with Crippen LogP contribution in [0.5, 0.6) is 0 Å². The fourth-order valence-electron chi connectivity index (χ4n) is 3.80. The van der Waals surface area contributed by atoms with E-state index in [1.807, 2.05) is 32.9 Å². The third-order valence-electron chi connectivity index (χ3n) is 5.57. The molecule has 0 radical (unpaired) electrons. The Hall–Kier alpha value is -3.29. The van der Waals surface area contributed by atoms with Gasteiger partial charge in [-0.3, -0.25) is 4.79 Å². The highest BCUT2D eigenvalue weighted by Gasteiger charge is 2.22. The molecule has 1 N–H and O–H groups in total. The zero-order chi connectivity index (χ0) is 23.9. The van der Waals surface area contributed by atoms with Crippen molar-refractivity contribution in [1.82, 2.24) is 4.98 Å². The molecule has 0 bridgehead atoms. The lowest BCUT2D eigenvalue weighted by atomic mass is 9.92. The van der Waals surface area contributed by atoms with Gasteiger partial charge in [-0.15, -0.1) is 11.3 Å². The van der Waals surface area contributed by atoms with Gasteiger partial charge in [-0.05, 0) is 61.7 Å². The Labute approximate surface area is 199 Å². The Morgan fingerprint density at radius 2 is 1.82 bits per heavy atom. The van der Waals surface area contributed by atoms with Crippen molar-refractivity contribution >= 4 is 50.7 Å². The number of rotatable bonds is 4. The number of hydrogen-bond donors (Lipinski definition) is 1. The fraction of sp³-hybridized carbons (Fsp3) is 0.160. The molecule has 0 aliphatic carbocycles. The highest BCUT2D eigenvalue weighted by Crippen LogP contribution is 2.37. The highest BCUT2D eigenvalue weighted by molar-refractivity contribution is 7.21. The number of methoxy groups -OCH3 is 1. The molecule has 4 rings (SSSR count). The number of halogens is 2. The number of amides is 1. The molecule has 2 aromatic carbocycles. The molecule has 33 heavy (non-hydrogen) atoms. The molecule has 2 aromatic heterocycles. The van der Waals surface area contributed by atoms with Gasteiger partial charge in [0, 0.05) is 21.3 Å². The molecule has 0 aliphatic rings. The van der Waals surface area contributed by atoms with Gasteiger partial charge in [-0.1, -0.05) is 29.8 Å². The first-order valence-corrected chi connectivity index (χ1v) is 11.3. The SMILES string of the molecule is COC(=O)c1ccccc1-c1c(C)nc(NC(=O)c2sc3cc(F)ccc3c2Cl)c(C)c1C. The molecule has 168 valence electrons. The Balaban J connectivity index is 1.74. The number of carbonyl (C=O) groups is 2. The van der Waals surface area contributed by atoms with Crippen molar-refractivity contribution < 1.29 is 18.7 Å². The van der Waals surface area contributed by atoms with E-state index in [4.69, 9.17) is 16.3 Å². The van der Waals surface area contributed by atoms with Gasteiger partial charge >= 0.3 is 5.97 Å². The fourth-order valence-corrected chi connectivity index (χ4v) is 5.24. The molecule has 0 atom stereocenters. The summed E-state index contributed by atoms with van der Waals surface area (Å²) in [7, 11) is 1.34. The zero-order valence-corrected chi connectivity index (χ0v) is 20.0. The number of anilines is 1. The second-order valence-electron chi connectivity index (χ2n) is 7.55. The monoisotopic (exact) mass is 482 g/mol. The number of esters is 1.